The lowest BCUT2D eigenvalue weighted by molar-refractivity contribution is -0.137. The molecule has 0 amide bonds. The van der Waals surface area contributed by atoms with Crippen molar-refractivity contribution in [1.82, 2.24) is 9.55 Å². The van der Waals surface area contributed by atoms with E-state index in [0.29, 0.717) is 37.3 Å². The number of hydrogen-bond donors (Lipinski definition) is 1. The highest BCUT2D eigenvalue weighted by molar-refractivity contribution is 5.98. The van der Waals surface area contributed by atoms with E-state index in [4.69, 9.17) is 10.7 Å². The van der Waals surface area contributed by atoms with E-state index in [1.807, 2.05) is 66.9 Å². The van der Waals surface area contributed by atoms with Gasteiger partial charge in [0.15, 0.2) is 5.78 Å². The molecule has 0 saturated heterocycles. The zero-order valence-corrected chi connectivity index (χ0v) is 22.2. The van der Waals surface area contributed by atoms with Gasteiger partial charge >= 0.3 is 6.18 Å². The van der Waals surface area contributed by atoms with Gasteiger partial charge in [0.25, 0.3) is 0 Å². The molecule has 0 aliphatic heterocycles. The molecule has 1 aromatic heterocycles. The van der Waals surface area contributed by atoms with Gasteiger partial charge in [-0.3, -0.25) is 4.79 Å². The summed E-state index contributed by atoms with van der Waals surface area (Å²) in [5.41, 5.74) is 6.98. The van der Waals surface area contributed by atoms with Crippen LogP contribution >= 0.6 is 0 Å². The molecule has 0 saturated carbocycles. The van der Waals surface area contributed by atoms with Crippen molar-refractivity contribution in [3.63, 3.8) is 0 Å². The Morgan fingerprint density at radius 2 is 1.54 bits per heavy atom. The van der Waals surface area contributed by atoms with Crippen molar-refractivity contribution >= 4 is 5.78 Å². The van der Waals surface area contributed by atoms with Gasteiger partial charge in [0.1, 0.15) is 5.82 Å². The molecule has 0 spiro atoms. The normalized spacial score (nSPS) is 13.4. The number of carbonyl (C=O) groups is 1. The fourth-order valence-corrected chi connectivity index (χ4v) is 5.26. The zero-order chi connectivity index (χ0) is 28.0. The standard InChI is InChI=1S/C32H34F3N3O/c1-22(2)29(26(17-11-19-36)30(39)24-14-7-4-8-15-24)31-37-28(21-38(31)20-23-12-5-3-6-13-23)25-16-9-10-18-27(25)32(33,34)35/h3-10,12-16,18,21-22,26,29H,11,17,19-20,36H2,1-2H3/t26?,29-/m0/s1. The van der Waals surface area contributed by atoms with Gasteiger partial charge in [0.2, 0.25) is 0 Å². The van der Waals surface area contributed by atoms with Crippen LogP contribution < -0.4 is 5.73 Å². The first-order chi connectivity index (χ1) is 18.7. The van der Waals surface area contributed by atoms with Crippen molar-refractivity contribution in [2.75, 3.05) is 6.54 Å². The Bertz CT molecular complexity index is 1360. The van der Waals surface area contributed by atoms with Gasteiger partial charge in [0.05, 0.1) is 11.3 Å². The maximum Gasteiger partial charge on any atom is 0.417 e. The zero-order valence-electron chi connectivity index (χ0n) is 22.2. The molecule has 0 radical (unpaired) electrons. The molecule has 0 fully saturated rings. The van der Waals surface area contributed by atoms with Crippen LogP contribution in [0.4, 0.5) is 13.2 Å². The van der Waals surface area contributed by atoms with Gasteiger partial charge in [-0.1, -0.05) is 92.7 Å². The van der Waals surface area contributed by atoms with E-state index in [1.165, 1.54) is 12.1 Å². The quantitative estimate of drug-likeness (QED) is 0.202. The number of imidazole rings is 1. The third-order valence-corrected chi connectivity index (χ3v) is 7.08. The Morgan fingerprint density at radius 3 is 2.15 bits per heavy atom. The van der Waals surface area contributed by atoms with E-state index in [2.05, 4.69) is 0 Å². The minimum absolute atomic E-state index is 0.00532. The van der Waals surface area contributed by atoms with Crippen LogP contribution in [0.5, 0.6) is 0 Å². The van der Waals surface area contributed by atoms with Gasteiger partial charge in [-0.2, -0.15) is 13.2 Å². The summed E-state index contributed by atoms with van der Waals surface area (Å²) in [7, 11) is 0. The molecule has 204 valence electrons. The highest BCUT2D eigenvalue weighted by Gasteiger charge is 2.37. The molecule has 2 atom stereocenters. The van der Waals surface area contributed by atoms with E-state index in [-0.39, 0.29) is 28.9 Å². The number of alkyl halides is 3. The summed E-state index contributed by atoms with van der Waals surface area (Å²) in [6, 6.07) is 24.3. The number of carbonyl (C=O) groups excluding carboxylic acids is 1. The fourth-order valence-electron chi connectivity index (χ4n) is 5.26. The maximum absolute atomic E-state index is 13.9. The SMILES string of the molecule is CC(C)[C@H](c1nc(-c2ccccc2C(F)(F)F)cn1Cc1ccccc1)C(CCCN)C(=O)c1ccccc1. The summed E-state index contributed by atoms with van der Waals surface area (Å²) in [6.07, 6.45) is -1.63. The van der Waals surface area contributed by atoms with Crippen LogP contribution in [0.15, 0.2) is 91.1 Å². The summed E-state index contributed by atoms with van der Waals surface area (Å²) in [5, 5.41) is 0. The number of rotatable bonds is 11. The summed E-state index contributed by atoms with van der Waals surface area (Å²) < 4.78 is 43.7. The number of halogens is 3. The highest BCUT2D eigenvalue weighted by atomic mass is 19.4. The van der Waals surface area contributed by atoms with Crippen LogP contribution in [0.25, 0.3) is 11.3 Å². The van der Waals surface area contributed by atoms with Gasteiger partial charge in [0, 0.05) is 35.7 Å². The lowest BCUT2D eigenvalue weighted by Crippen LogP contribution is -2.29. The van der Waals surface area contributed by atoms with Crippen molar-refractivity contribution in [1.29, 1.82) is 0 Å². The second-order valence-electron chi connectivity index (χ2n) is 10.2. The van der Waals surface area contributed by atoms with Gasteiger partial charge in [-0.15, -0.1) is 0 Å². The minimum Gasteiger partial charge on any atom is -0.330 e. The molecule has 7 heteroatoms. The predicted molar refractivity (Wildman–Crippen MR) is 148 cm³/mol. The van der Waals surface area contributed by atoms with Crippen molar-refractivity contribution in [3.05, 3.63) is 114 Å². The molecule has 4 rings (SSSR count). The first-order valence-corrected chi connectivity index (χ1v) is 13.3. The third-order valence-electron chi connectivity index (χ3n) is 7.08. The Hall–Kier alpha value is -3.71. The van der Waals surface area contributed by atoms with Crippen LogP contribution in [0.2, 0.25) is 0 Å². The molecule has 3 aromatic carbocycles. The third kappa shape index (κ3) is 6.66. The molecule has 4 aromatic rings. The summed E-state index contributed by atoms with van der Waals surface area (Å²) in [5.74, 6) is -0.178. The summed E-state index contributed by atoms with van der Waals surface area (Å²) in [4.78, 5) is 18.7. The number of nitrogens with two attached hydrogens (primary N) is 1. The molecule has 2 N–H and O–H groups in total. The van der Waals surface area contributed by atoms with E-state index < -0.39 is 17.7 Å². The number of aromatic nitrogens is 2. The van der Waals surface area contributed by atoms with Crippen LogP contribution in [0.3, 0.4) is 0 Å². The molecule has 4 nitrogen and oxygen atoms in total. The van der Waals surface area contributed by atoms with Crippen molar-refractivity contribution in [3.8, 4) is 11.3 Å². The first-order valence-electron chi connectivity index (χ1n) is 13.3. The van der Waals surface area contributed by atoms with Gasteiger partial charge in [-0.05, 0) is 36.9 Å². The van der Waals surface area contributed by atoms with Crippen LogP contribution in [0.1, 0.15) is 59.9 Å². The van der Waals surface area contributed by atoms with Crippen molar-refractivity contribution in [2.24, 2.45) is 17.6 Å². The smallest absolute Gasteiger partial charge is 0.330 e. The van der Waals surface area contributed by atoms with Gasteiger partial charge in [-0.25, -0.2) is 4.98 Å². The Kier molecular flexibility index (Phi) is 9.02. The topological polar surface area (TPSA) is 60.9 Å². The van der Waals surface area contributed by atoms with Crippen LogP contribution in [0, 0.1) is 11.8 Å². The van der Waals surface area contributed by atoms with Gasteiger partial charge < -0.3 is 10.3 Å². The molecule has 1 unspecified atom stereocenters. The van der Waals surface area contributed by atoms with E-state index in [0.717, 1.165) is 11.6 Å². The number of Topliss-reactive ketones (excluding diaryl/α,β-unsaturated/α-hetero) is 1. The Balaban J connectivity index is 1.88. The fraction of sp³-hybridized carbons (Fsp3) is 0.312. The minimum atomic E-state index is -4.52. The lowest BCUT2D eigenvalue weighted by atomic mass is 9.76. The number of hydrogen-bond acceptors (Lipinski definition) is 3. The number of nitrogens with zero attached hydrogens (tertiary/aromatic N) is 2. The average Bonchev–Trinajstić information content (AvgIpc) is 3.33. The van der Waals surface area contributed by atoms with E-state index in [1.54, 1.807) is 24.4 Å². The first kappa shape index (κ1) is 28.3. The molecular weight excluding hydrogens is 499 g/mol. The number of ketones is 1. The molecular formula is C32H34F3N3O. The molecule has 0 aliphatic carbocycles. The highest BCUT2D eigenvalue weighted by Crippen LogP contribution is 2.40. The molecule has 0 bridgehead atoms. The largest absolute Gasteiger partial charge is 0.417 e. The van der Waals surface area contributed by atoms with Crippen LogP contribution in [-0.2, 0) is 12.7 Å². The maximum atomic E-state index is 13.9. The van der Waals surface area contributed by atoms with Crippen molar-refractivity contribution < 1.29 is 18.0 Å². The monoisotopic (exact) mass is 533 g/mol. The van der Waals surface area contributed by atoms with E-state index >= 15 is 0 Å². The predicted octanol–water partition coefficient (Wildman–Crippen LogP) is 7.59. The summed E-state index contributed by atoms with van der Waals surface area (Å²) in [6.45, 7) is 4.92. The van der Waals surface area contributed by atoms with Crippen LogP contribution in [-0.4, -0.2) is 21.9 Å². The Labute approximate surface area is 227 Å². The lowest BCUT2D eigenvalue weighted by Gasteiger charge is -2.30. The molecule has 0 aliphatic rings. The summed E-state index contributed by atoms with van der Waals surface area (Å²) >= 11 is 0. The number of benzene rings is 3. The second-order valence-corrected chi connectivity index (χ2v) is 10.2. The Morgan fingerprint density at radius 1 is 0.923 bits per heavy atom. The average molecular weight is 534 g/mol. The molecule has 39 heavy (non-hydrogen) atoms. The second kappa shape index (κ2) is 12.4. The molecule has 1 heterocycles. The van der Waals surface area contributed by atoms with E-state index in [9.17, 15) is 18.0 Å². The van der Waals surface area contributed by atoms with Crippen molar-refractivity contribution in [2.45, 2.75) is 45.3 Å².